The third kappa shape index (κ3) is 2.99. The molecule has 1 atom stereocenters. The molecule has 0 aromatic carbocycles. The van der Waals surface area contributed by atoms with Crippen LogP contribution in [0.2, 0.25) is 0 Å². The van der Waals surface area contributed by atoms with Crippen molar-refractivity contribution in [2.75, 3.05) is 24.5 Å². The summed E-state index contributed by atoms with van der Waals surface area (Å²) in [5.41, 5.74) is 8.08. The predicted molar refractivity (Wildman–Crippen MR) is 74.8 cm³/mol. The Hall–Kier alpha value is -1.16. The molecule has 0 amide bonds. The second-order valence-corrected chi connectivity index (χ2v) is 5.05. The monoisotopic (exact) mass is 248 g/mol. The number of hydrogen-bond acceptors (Lipinski definition) is 4. The lowest BCUT2D eigenvalue weighted by Gasteiger charge is -2.32. The minimum atomic E-state index is 0.595. The van der Waals surface area contributed by atoms with Gasteiger partial charge < -0.3 is 10.6 Å². The Bertz CT molecular complexity index is 369. The molecule has 0 spiro atoms. The van der Waals surface area contributed by atoms with Gasteiger partial charge in [-0.15, -0.1) is 0 Å². The smallest absolute Gasteiger partial charge is 0.225 e. The Morgan fingerprint density at radius 3 is 2.50 bits per heavy atom. The highest BCUT2D eigenvalue weighted by Gasteiger charge is 2.21. The van der Waals surface area contributed by atoms with E-state index in [1.54, 1.807) is 0 Å². The van der Waals surface area contributed by atoms with E-state index in [1.165, 1.54) is 12.8 Å². The summed E-state index contributed by atoms with van der Waals surface area (Å²) in [6.07, 6.45) is 4.37. The van der Waals surface area contributed by atoms with E-state index in [4.69, 9.17) is 5.73 Å². The van der Waals surface area contributed by atoms with Gasteiger partial charge in [-0.3, -0.25) is 0 Å². The summed E-state index contributed by atoms with van der Waals surface area (Å²) in [6.45, 7) is 7.12. The van der Waals surface area contributed by atoms with Gasteiger partial charge in [0.25, 0.3) is 0 Å². The Morgan fingerprint density at radius 2 is 1.94 bits per heavy atom. The zero-order chi connectivity index (χ0) is 13.0. The fourth-order valence-electron chi connectivity index (χ4n) is 2.48. The molecule has 1 aliphatic rings. The summed E-state index contributed by atoms with van der Waals surface area (Å²) in [6, 6.07) is 2.12. The molecule has 1 fully saturated rings. The van der Waals surface area contributed by atoms with Gasteiger partial charge >= 0.3 is 0 Å². The number of rotatable bonds is 4. The molecule has 2 N–H and O–H groups in total. The lowest BCUT2D eigenvalue weighted by atomic mass is 9.99. The average molecular weight is 248 g/mol. The van der Waals surface area contributed by atoms with Crippen molar-refractivity contribution in [3.05, 3.63) is 17.5 Å². The van der Waals surface area contributed by atoms with Crippen molar-refractivity contribution in [1.82, 2.24) is 9.97 Å². The first kappa shape index (κ1) is 13.3. The van der Waals surface area contributed by atoms with Crippen molar-refractivity contribution in [3.63, 3.8) is 0 Å². The van der Waals surface area contributed by atoms with Crippen LogP contribution >= 0.6 is 0 Å². The largest absolute Gasteiger partial charge is 0.340 e. The number of hydrogen-bond donors (Lipinski definition) is 1. The number of anilines is 1. The molecule has 1 aromatic rings. The van der Waals surface area contributed by atoms with Crippen molar-refractivity contribution in [2.24, 2.45) is 11.7 Å². The SMILES string of the molecule is CCc1cc(CC)nc(N2CCCC(CN)C2)n1. The maximum Gasteiger partial charge on any atom is 0.225 e. The molecule has 2 heterocycles. The minimum absolute atomic E-state index is 0.595. The predicted octanol–water partition coefficient (Wildman–Crippen LogP) is 1.78. The van der Waals surface area contributed by atoms with E-state index in [0.717, 1.165) is 49.8 Å². The summed E-state index contributed by atoms with van der Waals surface area (Å²) in [4.78, 5) is 11.6. The third-order valence-corrected chi connectivity index (χ3v) is 3.68. The molecule has 0 aliphatic carbocycles. The first-order valence-electron chi connectivity index (χ1n) is 7.08. The van der Waals surface area contributed by atoms with E-state index in [1.807, 2.05) is 0 Å². The van der Waals surface area contributed by atoms with Crippen molar-refractivity contribution in [3.8, 4) is 0 Å². The molecule has 0 saturated carbocycles. The maximum atomic E-state index is 5.79. The van der Waals surface area contributed by atoms with Gasteiger partial charge in [-0.05, 0) is 44.2 Å². The molecular weight excluding hydrogens is 224 g/mol. The molecule has 0 bridgehead atoms. The normalized spacial score (nSPS) is 20.2. The summed E-state index contributed by atoms with van der Waals surface area (Å²) < 4.78 is 0. The van der Waals surface area contributed by atoms with E-state index in [2.05, 4.69) is 34.8 Å². The van der Waals surface area contributed by atoms with Gasteiger partial charge in [0, 0.05) is 24.5 Å². The van der Waals surface area contributed by atoms with E-state index < -0.39 is 0 Å². The Kier molecular flexibility index (Phi) is 4.53. The van der Waals surface area contributed by atoms with Gasteiger partial charge in [0.05, 0.1) is 0 Å². The molecule has 2 rings (SSSR count). The van der Waals surface area contributed by atoms with Crippen LogP contribution in [0.4, 0.5) is 5.95 Å². The van der Waals surface area contributed by atoms with Crippen LogP contribution in [0.1, 0.15) is 38.1 Å². The highest BCUT2D eigenvalue weighted by Crippen LogP contribution is 2.20. The first-order chi connectivity index (χ1) is 8.76. The van der Waals surface area contributed by atoms with Crippen LogP contribution < -0.4 is 10.6 Å². The van der Waals surface area contributed by atoms with Crippen LogP contribution in [-0.4, -0.2) is 29.6 Å². The Labute approximate surface area is 110 Å². The Balaban J connectivity index is 2.20. The molecule has 100 valence electrons. The maximum absolute atomic E-state index is 5.79. The topological polar surface area (TPSA) is 55.0 Å². The van der Waals surface area contributed by atoms with Gasteiger partial charge in [0.15, 0.2) is 0 Å². The second-order valence-electron chi connectivity index (χ2n) is 5.05. The number of nitrogens with zero attached hydrogens (tertiary/aromatic N) is 3. The highest BCUT2D eigenvalue weighted by molar-refractivity contribution is 5.33. The van der Waals surface area contributed by atoms with Crippen LogP contribution in [-0.2, 0) is 12.8 Å². The quantitative estimate of drug-likeness (QED) is 0.882. The average Bonchev–Trinajstić information content (AvgIpc) is 2.46. The fourth-order valence-corrected chi connectivity index (χ4v) is 2.48. The minimum Gasteiger partial charge on any atom is -0.340 e. The molecule has 18 heavy (non-hydrogen) atoms. The molecule has 0 radical (unpaired) electrons. The number of aryl methyl sites for hydroxylation is 2. The van der Waals surface area contributed by atoms with Gasteiger partial charge in [0.2, 0.25) is 5.95 Å². The lowest BCUT2D eigenvalue weighted by Crippen LogP contribution is -2.39. The van der Waals surface area contributed by atoms with Crippen LogP contribution in [0.25, 0.3) is 0 Å². The van der Waals surface area contributed by atoms with E-state index in [0.29, 0.717) is 5.92 Å². The molecule has 4 heteroatoms. The molecule has 1 aliphatic heterocycles. The van der Waals surface area contributed by atoms with Crippen LogP contribution in [0.3, 0.4) is 0 Å². The summed E-state index contributed by atoms with van der Waals surface area (Å²) in [5.74, 6) is 1.50. The van der Waals surface area contributed by atoms with Gasteiger partial charge in [-0.1, -0.05) is 13.8 Å². The standard InChI is InChI=1S/C14H24N4/c1-3-12-8-13(4-2)17-14(16-12)18-7-5-6-11(9-15)10-18/h8,11H,3-7,9-10,15H2,1-2H3. The summed E-state index contributed by atoms with van der Waals surface area (Å²) in [7, 11) is 0. The molecule has 1 saturated heterocycles. The van der Waals surface area contributed by atoms with Crippen LogP contribution in [0, 0.1) is 5.92 Å². The van der Waals surface area contributed by atoms with Crippen molar-refractivity contribution in [2.45, 2.75) is 39.5 Å². The van der Waals surface area contributed by atoms with E-state index in [-0.39, 0.29) is 0 Å². The zero-order valence-electron chi connectivity index (χ0n) is 11.5. The highest BCUT2D eigenvalue weighted by atomic mass is 15.3. The number of nitrogens with two attached hydrogens (primary N) is 1. The number of piperidine rings is 1. The zero-order valence-corrected chi connectivity index (χ0v) is 11.5. The Morgan fingerprint density at radius 1 is 1.28 bits per heavy atom. The lowest BCUT2D eigenvalue weighted by molar-refractivity contribution is 0.419. The third-order valence-electron chi connectivity index (χ3n) is 3.68. The number of aromatic nitrogens is 2. The van der Waals surface area contributed by atoms with Gasteiger partial charge in [-0.2, -0.15) is 0 Å². The molecular formula is C14H24N4. The van der Waals surface area contributed by atoms with Gasteiger partial charge in [0.1, 0.15) is 0 Å². The van der Waals surface area contributed by atoms with E-state index >= 15 is 0 Å². The van der Waals surface area contributed by atoms with E-state index in [9.17, 15) is 0 Å². The van der Waals surface area contributed by atoms with Gasteiger partial charge in [-0.25, -0.2) is 9.97 Å². The van der Waals surface area contributed by atoms with Crippen molar-refractivity contribution in [1.29, 1.82) is 0 Å². The molecule has 1 aromatic heterocycles. The molecule has 1 unspecified atom stereocenters. The summed E-state index contributed by atoms with van der Waals surface area (Å²) >= 11 is 0. The van der Waals surface area contributed by atoms with Crippen LogP contribution in [0.15, 0.2) is 6.07 Å². The second kappa shape index (κ2) is 6.14. The van der Waals surface area contributed by atoms with Crippen molar-refractivity contribution >= 4 is 5.95 Å². The fraction of sp³-hybridized carbons (Fsp3) is 0.714. The summed E-state index contributed by atoms with van der Waals surface area (Å²) in [5, 5.41) is 0. The molecule has 4 nitrogen and oxygen atoms in total. The van der Waals surface area contributed by atoms with Crippen molar-refractivity contribution < 1.29 is 0 Å². The first-order valence-corrected chi connectivity index (χ1v) is 7.08. The van der Waals surface area contributed by atoms with Crippen LogP contribution in [0.5, 0.6) is 0 Å².